The fourth-order valence-corrected chi connectivity index (χ4v) is 3.39. The molecule has 0 atom stereocenters. The van der Waals surface area contributed by atoms with Gasteiger partial charge in [-0.05, 0) is 42.8 Å². The molecule has 1 aromatic heterocycles. The Balaban J connectivity index is 1.61. The van der Waals surface area contributed by atoms with E-state index in [4.69, 9.17) is 16.6 Å². The smallest absolute Gasteiger partial charge is 0.251 e. The summed E-state index contributed by atoms with van der Waals surface area (Å²) in [6.07, 6.45) is 0. The molecular formula is C23H20ClN3O. The SMILES string of the molecule is Cc1ccc(Cn2c(CNC(=O)c3cccc(Cl)c3)nc3ccccc32)cc1. The van der Waals surface area contributed by atoms with E-state index in [2.05, 4.69) is 47.1 Å². The highest BCUT2D eigenvalue weighted by Crippen LogP contribution is 2.19. The van der Waals surface area contributed by atoms with Crippen molar-refractivity contribution in [1.29, 1.82) is 0 Å². The number of nitrogens with one attached hydrogen (secondary N) is 1. The molecule has 1 amide bonds. The zero-order valence-corrected chi connectivity index (χ0v) is 16.3. The Hall–Kier alpha value is -3.11. The lowest BCUT2D eigenvalue weighted by atomic mass is 10.1. The second-order valence-corrected chi connectivity index (χ2v) is 7.22. The molecule has 0 saturated carbocycles. The number of fused-ring (bicyclic) bond motifs is 1. The normalized spacial score (nSPS) is 10.9. The summed E-state index contributed by atoms with van der Waals surface area (Å²) >= 11 is 5.99. The van der Waals surface area contributed by atoms with Gasteiger partial charge in [0.25, 0.3) is 5.91 Å². The summed E-state index contributed by atoms with van der Waals surface area (Å²) in [7, 11) is 0. The number of nitrogens with zero attached hydrogens (tertiary/aromatic N) is 2. The second-order valence-electron chi connectivity index (χ2n) is 6.78. The van der Waals surface area contributed by atoms with Gasteiger partial charge in [-0.3, -0.25) is 4.79 Å². The molecule has 4 aromatic rings. The van der Waals surface area contributed by atoms with Gasteiger partial charge in [-0.25, -0.2) is 4.98 Å². The van der Waals surface area contributed by atoms with E-state index in [1.807, 2.05) is 18.2 Å². The molecule has 1 N–H and O–H groups in total. The van der Waals surface area contributed by atoms with Crippen molar-refractivity contribution in [3.8, 4) is 0 Å². The third-order valence-corrected chi connectivity index (χ3v) is 4.92. The minimum Gasteiger partial charge on any atom is -0.345 e. The lowest BCUT2D eigenvalue weighted by Gasteiger charge is -2.11. The second kappa shape index (κ2) is 7.87. The topological polar surface area (TPSA) is 46.9 Å². The summed E-state index contributed by atoms with van der Waals surface area (Å²) < 4.78 is 2.15. The van der Waals surface area contributed by atoms with Crippen molar-refractivity contribution in [2.75, 3.05) is 0 Å². The molecule has 140 valence electrons. The minimum atomic E-state index is -0.170. The molecule has 0 saturated heterocycles. The lowest BCUT2D eigenvalue weighted by molar-refractivity contribution is 0.0949. The Bertz CT molecular complexity index is 1130. The summed E-state index contributed by atoms with van der Waals surface area (Å²) in [5, 5.41) is 3.50. The number of amides is 1. The minimum absolute atomic E-state index is 0.170. The summed E-state index contributed by atoms with van der Waals surface area (Å²) in [6, 6.07) is 23.4. The number of aromatic nitrogens is 2. The van der Waals surface area contributed by atoms with Gasteiger partial charge in [0.1, 0.15) is 5.82 Å². The highest BCUT2D eigenvalue weighted by Gasteiger charge is 2.13. The van der Waals surface area contributed by atoms with Gasteiger partial charge in [-0.2, -0.15) is 0 Å². The molecule has 4 rings (SSSR count). The molecule has 0 bridgehead atoms. The first-order chi connectivity index (χ1) is 13.6. The van der Waals surface area contributed by atoms with Crippen LogP contribution in [-0.2, 0) is 13.1 Å². The number of imidazole rings is 1. The molecule has 3 aromatic carbocycles. The molecule has 28 heavy (non-hydrogen) atoms. The lowest BCUT2D eigenvalue weighted by Crippen LogP contribution is -2.24. The molecule has 0 aliphatic carbocycles. The van der Waals surface area contributed by atoms with Gasteiger partial charge in [-0.1, -0.05) is 59.6 Å². The van der Waals surface area contributed by atoms with Crippen LogP contribution in [0.1, 0.15) is 27.3 Å². The number of benzene rings is 3. The molecule has 5 heteroatoms. The molecule has 0 spiro atoms. The predicted octanol–water partition coefficient (Wildman–Crippen LogP) is 4.98. The van der Waals surface area contributed by atoms with Gasteiger partial charge < -0.3 is 9.88 Å². The first-order valence-corrected chi connectivity index (χ1v) is 9.51. The van der Waals surface area contributed by atoms with E-state index in [9.17, 15) is 4.79 Å². The predicted molar refractivity (Wildman–Crippen MR) is 113 cm³/mol. The standard InChI is InChI=1S/C23H20ClN3O/c1-16-9-11-17(12-10-16)15-27-21-8-3-2-7-20(21)26-22(27)14-25-23(28)18-5-4-6-19(24)13-18/h2-13H,14-15H2,1H3,(H,25,28). The van der Waals surface area contributed by atoms with Gasteiger partial charge in [0.15, 0.2) is 0 Å². The number of hydrogen-bond acceptors (Lipinski definition) is 2. The van der Waals surface area contributed by atoms with E-state index in [1.165, 1.54) is 11.1 Å². The van der Waals surface area contributed by atoms with E-state index in [1.54, 1.807) is 24.3 Å². The van der Waals surface area contributed by atoms with Gasteiger partial charge in [0.2, 0.25) is 0 Å². The number of carbonyl (C=O) groups excluding carboxylic acids is 1. The number of para-hydroxylation sites is 2. The Labute approximate surface area is 168 Å². The maximum atomic E-state index is 12.5. The molecular weight excluding hydrogens is 370 g/mol. The van der Waals surface area contributed by atoms with E-state index >= 15 is 0 Å². The maximum absolute atomic E-state index is 12.5. The molecule has 0 unspecified atom stereocenters. The summed E-state index contributed by atoms with van der Waals surface area (Å²) in [5.41, 5.74) is 4.93. The average molecular weight is 390 g/mol. The van der Waals surface area contributed by atoms with Crippen LogP contribution in [0.15, 0.2) is 72.8 Å². The third kappa shape index (κ3) is 3.92. The first-order valence-electron chi connectivity index (χ1n) is 9.13. The monoisotopic (exact) mass is 389 g/mol. The fraction of sp³-hybridized carbons (Fsp3) is 0.130. The summed E-state index contributed by atoms with van der Waals surface area (Å²) in [5.74, 6) is 0.647. The highest BCUT2D eigenvalue weighted by atomic mass is 35.5. The van der Waals surface area contributed by atoms with Crippen molar-refractivity contribution in [2.24, 2.45) is 0 Å². The number of aryl methyl sites for hydroxylation is 1. The van der Waals surface area contributed by atoms with Crippen LogP contribution < -0.4 is 5.32 Å². The average Bonchev–Trinajstić information content (AvgIpc) is 3.05. The fourth-order valence-electron chi connectivity index (χ4n) is 3.20. The Morgan fingerprint density at radius 2 is 1.82 bits per heavy atom. The number of hydrogen-bond donors (Lipinski definition) is 1. The number of carbonyl (C=O) groups is 1. The zero-order chi connectivity index (χ0) is 19.5. The van der Waals surface area contributed by atoms with Gasteiger partial charge >= 0.3 is 0 Å². The van der Waals surface area contributed by atoms with Crippen LogP contribution >= 0.6 is 11.6 Å². The quantitative estimate of drug-likeness (QED) is 0.523. The van der Waals surface area contributed by atoms with Crippen LogP contribution in [-0.4, -0.2) is 15.5 Å². The number of rotatable bonds is 5. The van der Waals surface area contributed by atoms with Crippen molar-refractivity contribution < 1.29 is 4.79 Å². The van der Waals surface area contributed by atoms with Crippen molar-refractivity contribution in [3.05, 3.63) is 100 Å². The number of halogens is 1. The van der Waals surface area contributed by atoms with Crippen molar-refractivity contribution in [2.45, 2.75) is 20.0 Å². The maximum Gasteiger partial charge on any atom is 0.251 e. The Morgan fingerprint density at radius 1 is 1.04 bits per heavy atom. The van der Waals surface area contributed by atoms with Crippen molar-refractivity contribution in [3.63, 3.8) is 0 Å². The third-order valence-electron chi connectivity index (χ3n) is 4.69. The summed E-state index contributed by atoms with van der Waals surface area (Å²) in [4.78, 5) is 17.2. The molecule has 1 heterocycles. The first kappa shape index (κ1) is 18.3. The van der Waals surface area contributed by atoms with Crippen molar-refractivity contribution in [1.82, 2.24) is 14.9 Å². The van der Waals surface area contributed by atoms with Crippen LogP contribution in [0.2, 0.25) is 5.02 Å². The molecule has 0 aliphatic heterocycles. The van der Waals surface area contributed by atoms with E-state index < -0.39 is 0 Å². The summed E-state index contributed by atoms with van der Waals surface area (Å²) in [6.45, 7) is 3.11. The Kier molecular flexibility index (Phi) is 5.13. The van der Waals surface area contributed by atoms with Gasteiger partial charge in [0, 0.05) is 17.1 Å². The van der Waals surface area contributed by atoms with Gasteiger partial charge in [-0.15, -0.1) is 0 Å². The van der Waals surface area contributed by atoms with Crippen LogP contribution in [0.4, 0.5) is 0 Å². The van der Waals surface area contributed by atoms with Crippen molar-refractivity contribution >= 4 is 28.5 Å². The zero-order valence-electron chi connectivity index (χ0n) is 15.5. The molecule has 0 fully saturated rings. The Morgan fingerprint density at radius 3 is 2.61 bits per heavy atom. The largest absolute Gasteiger partial charge is 0.345 e. The van der Waals surface area contributed by atoms with Crippen LogP contribution in [0, 0.1) is 6.92 Å². The molecule has 0 radical (unpaired) electrons. The van der Waals surface area contributed by atoms with E-state index in [0.29, 0.717) is 23.7 Å². The van der Waals surface area contributed by atoms with Gasteiger partial charge in [0.05, 0.1) is 17.6 Å². The van der Waals surface area contributed by atoms with Crippen LogP contribution in [0.25, 0.3) is 11.0 Å². The van der Waals surface area contributed by atoms with E-state index in [0.717, 1.165) is 16.9 Å². The van der Waals surface area contributed by atoms with Crippen LogP contribution in [0.5, 0.6) is 0 Å². The van der Waals surface area contributed by atoms with Crippen LogP contribution in [0.3, 0.4) is 0 Å². The molecule has 4 nitrogen and oxygen atoms in total. The molecule has 0 aliphatic rings. The van der Waals surface area contributed by atoms with E-state index in [-0.39, 0.29) is 5.91 Å². The highest BCUT2D eigenvalue weighted by molar-refractivity contribution is 6.30.